The molecular weight excluding hydrogens is 505 g/mol. The maximum Gasteiger partial charge on any atom is 0.231 e. The number of benzene rings is 2. The maximum atomic E-state index is 13.9. The van der Waals surface area contributed by atoms with Gasteiger partial charge in [0.25, 0.3) is 0 Å². The van der Waals surface area contributed by atoms with Gasteiger partial charge in [-0.15, -0.1) is 0 Å². The summed E-state index contributed by atoms with van der Waals surface area (Å²) >= 11 is 0. The van der Waals surface area contributed by atoms with E-state index in [1.165, 1.54) is 12.1 Å². The Morgan fingerprint density at radius 1 is 1.00 bits per heavy atom. The van der Waals surface area contributed by atoms with Gasteiger partial charge in [0.15, 0.2) is 5.82 Å². The first kappa shape index (κ1) is 28.2. The summed E-state index contributed by atoms with van der Waals surface area (Å²) in [5, 5.41) is 7.15. The Balaban J connectivity index is 1.21. The van der Waals surface area contributed by atoms with Crippen molar-refractivity contribution in [3.05, 3.63) is 83.3 Å². The minimum atomic E-state index is -0.632. The summed E-state index contributed by atoms with van der Waals surface area (Å²) in [6.07, 6.45) is 8.38. The molecule has 0 bridgehead atoms. The number of hydrogen-bond donors (Lipinski definition) is 1. The number of halogens is 1. The summed E-state index contributed by atoms with van der Waals surface area (Å²) < 4.78 is 18.8. The predicted molar refractivity (Wildman–Crippen MR) is 151 cm³/mol. The highest BCUT2D eigenvalue weighted by molar-refractivity contribution is 5.89. The van der Waals surface area contributed by atoms with Crippen molar-refractivity contribution in [2.24, 2.45) is 11.8 Å². The molecule has 212 valence electrons. The number of nitrogens with zero attached hydrogens (tertiary/aromatic N) is 2. The molecule has 2 saturated carbocycles. The zero-order valence-electron chi connectivity index (χ0n) is 23.6. The van der Waals surface area contributed by atoms with Crippen molar-refractivity contribution < 1.29 is 18.5 Å². The van der Waals surface area contributed by atoms with E-state index in [0.717, 1.165) is 56.1 Å². The molecule has 0 saturated heterocycles. The second-order valence-electron chi connectivity index (χ2n) is 11.9. The van der Waals surface area contributed by atoms with Gasteiger partial charge in [-0.3, -0.25) is 9.59 Å². The molecule has 2 aliphatic rings. The van der Waals surface area contributed by atoms with Gasteiger partial charge in [-0.2, -0.15) is 4.98 Å². The van der Waals surface area contributed by atoms with Crippen molar-refractivity contribution in [1.82, 2.24) is 15.5 Å². The minimum Gasteiger partial charge on any atom is -0.349 e. The standard InChI is InChI=1S/C33H40FN3O3/c1-22(25-13-15-29(34)16-14-25)35-32(39)33(28-9-4-3-5-10-28)19-17-24(18-20-33)21-30(38)26-7-6-8-27(12-11-26)31-36-23(2)37-40-31/h3-5,9-10,13-16,22,24,26-27H,6-8,11-12,17-21H2,1-2H3,(H,35,39). The Hall–Kier alpha value is -3.35. The van der Waals surface area contributed by atoms with Gasteiger partial charge in [-0.1, -0.05) is 54.0 Å². The lowest BCUT2D eigenvalue weighted by Gasteiger charge is -2.40. The lowest BCUT2D eigenvalue weighted by molar-refractivity contribution is -0.129. The smallest absolute Gasteiger partial charge is 0.231 e. The van der Waals surface area contributed by atoms with Crippen LogP contribution < -0.4 is 5.32 Å². The van der Waals surface area contributed by atoms with Crippen molar-refractivity contribution in [2.75, 3.05) is 0 Å². The minimum absolute atomic E-state index is 0.00590. The zero-order valence-corrected chi connectivity index (χ0v) is 23.6. The molecule has 1 amide bonds. The van der Waals surface area contributed by atoms with Crippen LogP contribution in [0.1, 0.15) is 106 Å². The zero-order chi connectivity index (χ0) is 28.1. The molecule has 3 unspecified atom stereocenters. The monoisotopic (exact) mass is 545 g/mol. The Labute approximate surface area is 236 Å². The van der Waals surface area contributed by atoms with Gasteiger partial charge >= 0.3 is 0 Å². The third kappa shape index (κ3) is 6.34. The largest absolute Gasteiger partial charge is 0.349 e. The van der Waals surface area contributed by atoms with E-state index in [9.17, 15) is 14.0 Å². The van der Waals surface area contributed by atoms with Crippen LogP contribution in [-0.4, -0.2) is 21.8 Å². The third-order valence-electron chi connectivity index (χ3n) is 9.24. The molecule has 3 atom stereocenters. The summed E-state index contributed by atoms with van der Waals surface area (Å²) in [5.41, 5.74) is 1.26. The summed E-state index contributed by atoms with van der Waals surface area (Å²) in [4.78, 5) is 31.7. The Bertz CT molecular complexity index is 1280. The van der Waals surface area contributed by atoms with E-state index < -0.39 is 5.41 Å². The van der Waals surface area contributed by atoms with Crippen LogP contribution in [0.2, 0.25) is 0 Å². The van der Waals surface area contributed by atoms with Crippen LogP contribution in [-0.2, 0) is 15.0 Å². The van der Waals surface area contributed by atoms with Crippen LogP contribution in [0, 0.1) is 24.6 Å². The molecule has 0 aliphatic heterocycles. The number of ketones is 1. The van der Waals surface area contributed by atoms with E-state index in [1.807, 2.05) is 44.2 Å². The molecule has 2 aromatic carbocycles. The number of Topliss-reactive ketones (excluding diaryl/α,β-unsaturated/α-hetero) is 1. The van der Waals surface area contributed by atoms with Crippen LogP contribution in [0.4, 0.5) is 4.39 Å². The molecule has 1 aromatic heterocycles. The molecule has 1 N–H and O–H groups in total. The second kappa shape index (κ2) is 12.4. The number of rotatable bonds is 8. The third-order valence-corrected chi connectivity index (χ3v) is 9.24. The van der Waals surface area contributed by atoms with E-state index >= 15 is 0 Å². The van der Waals surface area contributed by atoms with Gasteiger partial charge in [0.05, 0.1) is 11.5 Å². The Kier molecular flexibility index (Phi) is 8.77. The quantitative estimate of drug-likeness (QED) is 0.304. The number of carbonyl (C=O) groups is 2. The van der Waals surface area contributed by atoms with E-state index in [1.54, 1.807) is 12.1 Å². The van der Waals surface area contributed by atoms with Gasteiger partial charge in [-0.05, 0) is 94.4 Å². The maximum absolute atomic E-state index is 13.9. The van der Waals surface area contributed by atoms with Gasteiger partial charge < -0.3 is 9.84 Å². The van der Waals surface area contributed by atoms with Crippen molar-refractivity contribution in [3.8, 4) is 0 Å². The first-order valence-electron chi connectivity index (χ1n) is 14.8. The fraction of sp³-hybridized carbons (Fsp3) is 0.515. The molecule has 6 nitrogen and oxygen atoms in total. The fourth-order valence-electron chi connectivity index (χ4n) is 6.75. The summed E-state index contributed by atoms with van der Waals surface area (Å²) in [5.74, 6) is 2.09. The van der Waals surface area contributed by atoms with Crippen molar-refractivity contribution in [3.63, 3.8) is 0 Å². The fourth-order valence-corrected chi connectivity index (χ4v) is 6.75. The number of carbonyl (C=O) groups excluding carboxylic acids is 2. The lowest BCUT2D eigenvalue weighted by Crippen LogP contribution is -2.47. The van der Waals surface area contributed by atoms with Crippen LogP contribution in [0.3, 0.4) is 0 Å². The molecule has 5 rings (SSSR count). The number of nitrogens with one attached hydrogen (secondary N) is 1. The van der Waals surface area contributed by atoms with E-state index in [2.05, 4.69) is 15.5 Å². The number of amides is 1. The van der Waals surface area contributed by atoms with Crippen LogP contribution in [0.25, 0.3) is 0 Å². The lowest BCUT2D eigenvalue weighted by atomic mass is 9.65. The Morgan fingerprint density at radius 3 is 2.40 bits per heavy atom. The molecule has 2 aliphatic carbocycles. The van der Waals surface area contributed by atoms with Crippen LogP contribution in [0.5, 0.6) is 0 Å². The van der Waals surface area contributed by atoms with Gasteiger partial charge in [0, 0.05) is 18.3 Å². The topological polar surface area (TPSA) is 85.1 Å². The van der Waals surface area contributed by atoms with E-state index in [0.29, 0.717) is 42.7 Å². The van der Waals surface area contributed by atoms with Crippen molar-refractivity contribution >= 4 is 11.7 Å². The van der Waals surface area contributed by atoms with E-state index in [-0.39, 0.29) is 29.6 Å². The highest BCUT2D eigenvalue weighted by atomic mass is 19.1. The number of aryl methyl sites for hydroxylation is 1. The summed E-state index contributed by atoms with van der Waals surface area (Å²) in [7, 11) is 0. The van der Waals surface area contributed by atoms with Crippen molar-refractivity contribution in [2.45, 2.75) is 95.4 Å². The molecule has 7 heteroatoms. The van der Waals surface area contributed by atoms with Gasteiger partial charge in [0.1, 0.15) is 11.6 Å². The van der Waals surface area contributed by atoms with Crippen molar-refractivity contribution in [1.29, 1.82) is 0 Å². The molecule has 40 heavy (non-hydrogen) atoms. The molecule has 0 spiro atoms. The summed E-state index contributed by atoms with van der Waals surface area (Å²) in [6.45, 7) is 3.77. The van der Waals surface area contributed by atoms with E-state index in [4.69, 9.17) is 4.52 Å². The normalized spacial score (nSPS) is 26.0. The molecule has 2 fully saturated rings. The van der Waals surface area contributed by atoms with Crippen LogP contribution in [0.15, 0.2) is 59.1 Å². The highest BCUT2D eigenvalue weighted by Crippen LogP contribution is 2.44. The molecule has 3 aromatic rings. The van der Waals surface area contributed by atoms with Crippen LogP contribution >= 0.6 is 0 Å². The van der Waals surface area contributed by atoms with Gasteiger partial charge in [0.2, 0.25) is 11.8 Å². The first-order valence-corrected chi connectivity index (χ1v) is 14.8. The highest BCUT2D eigenvalue weighted by Gasteiger charge is 2.44. The molecule has 0 radical (unpaired) electrons. The molecular formula is C33H40FN3O3. The Morgan fingerprint density at radius 2 is 1.73 bits per heavy atom. The number of aromatic nitrogens is 2. The summed E-state index contributed by atoms with van der Waals surface area (Å²) in [6, 6.07) is 16.1. The molecule has 1 heterocycles. The number of hydrogen-bond acceptors (Lipinski definition) is 5. The predicted octanol–water partition coefficient (Wildman–Crippen LogP) is 7.15. The van der Waals surface area contributed by atoms with Gasteiger partial charge in [-0.25, -0.2) is 4.39 Å². The average molecular weight is 546 g/mol. The first-order chi connectivity index (χ1) is 19.3. The average Bonchev–Trinajstić information content (AvgIpc) is 3.25. The second-order valence-corrected chi connectivity index (χ2v) is 11.9. The SMILES string of the molecule is Cc1noc(C2CCCC(C(=O)CC3CCC(C(=O)NC(C)c4ccc(F)cc4)(c4ccccc4)CC3)CC2)n1.